The first-order chi connectivity index (χ1) is 5.69. The van der Waals surface area contributed by atoms with Crippen LogP contribution in [0.15, 0.2) is 6.20 Å². The van der Waals surface area contributed by atoms with Crippen LogP contribution in [0.1, 0.15) is 31.1 Å². The second-order valence-corrected chi connectivity index (χ2v) is 3.07. The van der Waals surface area contributed by atoms with Gasteiger partial charge in [-0.1, -0.05) is 6.92 Å². The summed E-state index contributed by atoms with van der Waals surface area (Å²) in [4.78, 5) is 0. The Morgan fingerprint density at radius 1 is 1.67 bits per heavy atom. The Morgan fingerprint density at radius 2 is 2.33 bits per heavy atom. The zero-order valence-corrected chi connectivity index (χ0v) is 8.26. The SMILES string of the molecule is CCc1nn(C)cc1C(C)NC. The molecule has 0 aliphatic carbocycles. The lowest BCUT2D eigenvalue weighted by atomic mass is 10.1. The van der Waals surface area contributed by atoms with E-state index in [1.54, 1.807) is 0 Å². The Labute approximate surface area is 73.8 Å². The van der Waals surface area contributed by atoms with Crippen molar-refractivity contribution in [2.45, 2.75) is 26.3 Å². The molecule has 1 rings (SSSR count). The van der Waals surface area contributed by atoms with E-state index in [1.807, 2.05) is 18.8 Å². The van der Waals surface area contributed by atoms with Gasteiger partial charge in [-0.15, -0.1) is 0 Å². The summed E-state index contributed by atoms with van der Waals surface area (Å²) in [6.45, 7) is 4.28. The Kier molecular flexibility index (Phi) is 2.87. The van der Waals surface area contributed by atoms with Gasteiger partial charge in [0.2, 0.25) is 0 Å². The van der Waals surface area contributed by atoms with Crippen LogP contribution < -0.4 is 5.32 Å². The molecule has 0 aliphatic heterocycles. The Bertz CT molecular complexity index is 252. The van der Waals surface area contributed by atoms with E-state index in [9.17, 15) is 0 Å². The van der Waals surface area contributed by atoms with Crippen LogP contribution in [0.4, 0.5) is 0 Å². The number of nitrogens with zero attached hydrogens (tertiary/aromatic N) is 2. The molecule has 1 aromatic heterocycles. The molecule has 0 aromatic carbocycles. The van der Waals surface area contributed by atoms with E-state index in [2.05, 4.69) is 30.5 Å². The average Bonchev–Trinajstić information content (AvgIpc) is 2.45. The van der Waals surface area contributed by atoms with Gasteiger partial charge in [-0.05, 0) is 20.4 Å². The zero-order chi connectivity index (χ0) is 9.14. The van der Waals surface area contributed by atoms with Gasteiger partial charge in [-0.25, -0.2) is 0 Å². The van der Waals surface area contributed by atoms with Crippen LogP contribution in [0.2, 0.25) is 0 Å². The van der Waals surface area contributed by atoms with Crippen molar-refractivity contribution < 1.29 is 0 Å². The zero-order valence-electron chi connectivity index (χ0n) is 8.26. The largest absolute Gasteiger partial charge is 0.313 e. The number of nitrogens with one attached hydrogen (secondary N) is 1. The molecule has 1 unspecified atom stereocenters. The monoisotopic (exact) mass is 167 g/mol. The number of aryl methyl sites for hydroxylation is 2. The van der Waals surface area contributed by atoms with Gasteiger partial charge in [0, 0.05) is 24.8 Å². The molecule has 0 bridgehead atoms. The fourth-order valence-corrected chi connectivity index (χ4v) is 1.34. The van der Waals surface area contributed by atoms with Crippen molar-refractivity contribution in [3.63, 3.8) is 0 Å². The Hall–Kier alpha value is -0.830. The van der Waals surface area contributed by atoms with Crippen LogP contribution in [0.3, 0.4) is 0 Å². The van der Waals surface area contributed by atoms with Crippen molar-refractivity contribution in [1.82, 2.24) is 15.1 Å². The lowest BCUT2D eigenvalue weighted by molar-refractivity contribution is 0.645. The van der Waals surface area contributed by atoms with Crippen molar-refractivity contribution in [1.29, 1.82) is 0 Å². The highest BCUT2D eigenvalue weighted by molar-refractivity contribution is 5.20. The van der Waals surface area contributed by atoms with Crippen molar-refractivity contribution >= 4 is 0 Å². The molecule has 0 saturated carbocycles. The standard InChI is InChI=1S/C9H17N3/c1-5-9-8(7(2)10-3)6-12(4)11-9/h6-7,10H,5H2,1-4H3. The summed E-state index contributed by atoms with van der Waals surface area (Å²) in [5, 5.41) is 7.59. The number of aromatic nitrogens is 2. The van der Waals surface area contributed by atoms with Crippen LogP contribution in [0, 0.1) is 0 Å². The summed E-state index contributed by atoms with van der Waals surface area (Å²) in [5.41, 5.74) is 2.50. The first-order valence-corrected chi connectivity index (χ1v) is 4.38. The molecule has 0 radical (unpaired) electrons. The van der Waals surface area contributed by atoms with E-state index < -0.39 is 0 Å². The smallest absolute Gasteiger partial charge is 0.0669 e. The topological polar surface area (TPSA) is 29.9 Å². The highest BCUT2D eigenvalue weighted by atomic mass is 15.3. The molecule has 1 aromatic rings. The van der Waals surface area contributed by atoms with Gasteiger partial charge in [-0.3, -0.25) is 4.68 Å². The molecule has 12 heavy (non-hydrogen) atoms. The van der Waals surface area contributed by atoms with Gasteiger partial charge in [0.1, 0.15) is 0 Å². The normalized spacial score (nSPS) is 13.3. The third-order valence-electron chi connectivity index (χ3n) is 2.17. The van der Waals surface area contributed by atoms with E-state index >= 15 is 0 Å². The third kappa shape index (κ3) is 1.67. The number of hydrogen-bond acceptors (Lipinski definition) is 2. The first-order valence-electron chi connectivity index (χ1n) is 4.38. The Balaban J connectivity index is 2.96. The maximum atomic E-state index is 4.37. The van der Waals surface area contributed by atoms with E-state index in [4.69, 9.17) is 0 Å². The van der Waals surface area contributed by atoms with E-state index in [0.29, 0.717) is 6.04 Å². The lowest BCUT2D eigenvalue weighted by Gasteiger charge is -2.08. The van der Waals surface area contributed by atoms with Crippen LogP contribution in [-0.2, 0) is 13.5 Å². The summed E-state index contributed by atoms with van der Waals surface area (Å²) in [5.74, 6) is 0. The molecular formula is C9H17N3. The molecule has 0 amide bonds. The summed E-state index contributed by atoms with van der Waals surface area (Å²) in [7, 11) is 3.93. The van der Waals surface area contributed by atoms with Crippen molar-refractivity contribution in [3.05, 3.63) is 17.5 Å². The van der Waals surface area contributed by atoms with Crippen molar-refractivity contribution in [3.8, 4) is 0 Å². The molecule has 1 atom stereocenters. The first kappa shape index (κ1) is 9.26. The van der Waals surface area contributed by atoms with Gasteiger partial charge >= 0.3 is 0 Å². The van der Waals surface area contributed by atoms with Gasteiger partial charge in [0.25, 0.3) is 0 Å². The van der Waals surface area contributed by atoms with Crippen LogP contribution >= 0.6 is 0 Å². The summed E-state index contributed by atoms with van der Waals surface area (Å²) in [6.07, 6.45) is 3.09. The number of hydrogen-bond donors (Lipinski definition) is 1. The highest BCUT2D eigenvalue weighted by Gasteiger charge is 2.10. The molecule has 0 spiro atoms. The maximum Gasteiger partial charge on any atom is 0.0669 e. The minimum Gasteiger partial charge on any atom is -0.313 e. The molecule has 0 fully saturated rings. The molecular weight excluding hydrogens is 150 g/mol. The quantitative estimate of drug-likeness (QED) is 0.734. The molecule has 1 heterocycles. The molecule has 68 valence electrons. The lowest BCUT2D eigenvalue weighted by Crippen LogP contribution is -2.13. The van der Waals surface area contributed by atoms with Crippen LogP contribution in [0.5, 0.6) is 0 Å². The van der Waals surface area contributed by atoms with E-state index in [-0.39, 0.29) is 0 Å². The molecule has 0 aliphatic rings. The fourth-order valence-electron chi connectivity index (χ4n) is 1.34. The average molecular weight is 167 g/mol. The van der Waals surface area contributed by atoms with E-state index in [1.165, 1.54) is 11.3 Å². The molecule has 1 N–H and O–H groups in total. The third-order valence-corrected chi connectivity index (χ3v) is 2.17. The van der Waals surface area contributed by atoms with Crippen LogP contribution in [-0.4, -0.2) is 16.8 Å². The van der Waals surface area contributed by atoms with E-state index in [0.717, 1.165) is 6.42 Å². The predicted molar refractivity (Wildman–Crippen MR) is 50.1 cm³/mol. The molecule has 3 heteroatoms. The second-order valence-electron chi connectivity index (χ2n) is 3.07. The van der Waals surface area contributed by atoms with Crippen LogP contribution in [0.25, 0.3) is 0 Å². The maximum absolute atomic E-state index is 4.37. The minimum absolute atomic E-state index is 0.397. The van der Waals surface area contributed by atoms with Crippen molar-refractivity contribution in [2.24, 2.45) is 7.05 Å². The van der Waals surface area contributed by atoms with Gasteiger partial charge in [0.15, 0.2) is 0 Å². The summed E-state index contributed by atoms with van der Waals surface area (Å²) >= 11 is 0. The van der Waals surface area contributed by atoms with Gasteiger partial charge in [-0.2, -0.15) is 5.10 Å². The van der Waals surface area contributed by atoms with Gasteiger partial charge in [0.05, 0.1) is 5.69 Å². The number of rotatable bonds is 3. The molecule has 3 nitrogen and oxygen atoms in total. The van der Waals surface area contributed by atoms with Crippen molar-refractivity contribution in [2.75, 3.05) is 7.05 Å². The summed E-state index contributed by atoms with van der Waals surface area (Å²) in [6, 6.07) is 0.397. The Morgan fingerprint density at radius 3 is 2.83 bits per heavy atom. The minimum atomic E-state index is 0.397. The fraction of sp³-hybridized carbons (Fsp3) is 0.667. The highest BCUT2D eigenvalue weighted by Crippen LogP contribution is 2.15. The summed E-state index contributed by atoms with van der Waals surface area (Å²) < 4.78 is 1.88. The second kappa shape index (κ2) is 3.72. The predicted octanol–water partition coefficient (Wildman–Crippen LogP) is 1.26. The van der Waals surface area contributed by atoms with Gasteiger partial charge < -0.3 is 5.32 Å². The molecule has 0 saturated heterocycles.